The maximum absolute atomic E-state index is 10.5. The molecular formula is C24H24O3. The summed E-state index contributed by atoms with van der Waals surface area (Å²) < 4.78 is 5.50. The van der Waals surface area contributed by atoms with Gasteiger partial charge in [-0.2, -0.15) is 0 Å². The predicted molar refractivity (Wildman–Crippen MR) is 109 cm³/mol. The zero-order valence-electron chi connectivity index (χ0n) is 15.5. The molecule has 3 heteroatoms. The number of phenolic OH excluding ortho intramolecular Hbond substituents is 1. The molecule has 0 aromatic heterocycles. The van der Waals surface area contributed by atoms with Crippen LogP contribution in [0.5, 0.6) is 5.75 Å². The van der Waals surface area contributed by atoms with Gasteiger partial charge in [-0.15, -0.1) is 0 Å². The first-order chi connectivity index (χ1) is 13.2. The van der Waals surface area contributed by atoms with Crippen molar-refractivity contribution in [2.45, 2.75) is 25.9 Å². The summed E-state index contributed by atoms with van der Waals surface area (Å²) in [6.07, 6.45) is 8.57. The van der Waals surface area contributed by atoms with Gasteiger partial charge in [0.15, 0.2) is 0 Å². The highest BCUT2D eigenvalue weighted by Crippen LogP contribution is 2.37. The summed E-state index contributed by atoms with van der Waals surface area (Å²) in [7, 11) is 0. The Morgan fingerprint density at radius 1 is 1.11 bits per heavy atom. The monoisotopic (exact) mass is 360 g/mol. The average molecular weight is 360 g/mol. The first-order valence-corrected chi connectivity index (χ1v) is 9.25. The molecule has 0 aliphatic heterocycles. The summed E-state index contributed by atoms with van der Waals surface area (Å²) in [5, 5.41) is 9.69. The summed E-state index contributed by atoms with van der Waals surface area (Å²) in [6.45, 7) is 2.27. The molecule has 0 saturated heterocycles. The summed E-state index contributed by atoms with van der Waals surface area (Å²) in [5.74, 6) is 0.256. The smallest absolute Gasteiger partial charge is 0.145 e. The normalized spacial score (nSPS) is 17.2. The third kappa shape index (κ3) is 4.63. The maximum atomic E-state index is 10.5. The van der Waals surface area contributed by atoms with Crippen molar-refractivity contribution in [1.82, 2.24) is 0 Å². The van der Waals surface area contributed by atoms with E-state index in [1.807, 2.05) is 36.4 Å². The fraction of sp³-hybridized carbons (Fsp3) is 0.208. The van der Waals surface area contributed by atoms with Gasteiger partial charge in [-0.25, -0.2) is 0 Å². The lowest BCUT2D eigenvalue weighted by atomic mass is 9.85. The maximum Gasteiger partial charge on any atom is 0.145 e. The highest BCUT2D eigenvalue weighted by molar-refractivity contribution is 5.99. The second kappa shape index (κ2) is 9.15. The quantitative estimate of drug-likeness (QED) is 0.546. The summed E-state index contributed by atoms with van der Waals surface area (Å²) in [4.78, 5) is 10.5. The van der Waals surface area contributed by atoms with E-state index in [1.165, 1.54) is 11.1 Å². The SMILES string of the molecule is CC/C(=C(/C1=CCC(OCC=O)C=C1)c1ccc(O)cc1)c1ccccc1. The zero-order valence-corrected chi connectivity index (χ0v) is 15.5. The Labute approximate surface area is 160 Å². The second-order valence-electron chi connectivity index (χ2n) is 6.41. The van der Waals surface area contributed by atoms with Gasteiger partial charge in [-0.1, -0.05) is 67.6 Å². The van der Waals surface area contributed by atoms with Gasteiger partial charge < -0.3 is 14.6 Å². The minimum atomic E-state index is -0.0678. The van der Waals surface area contributed by atoms with Crippen molar-refractivity contribution < 1.29 is 14.6 Å². The number of benzene rings is 2. The topological polar surface area (TPSA) is 46.5 Å². The minimum Gasteiger partial charge on any atom is -0.508 e. The fourth-order valence-electron chi connectivity index (χ4n) is 3.38. The highest BCUT2D eigenvalue weighted by atomic mass is 16.5. The van der Waals surface area contributed by atoms with Crippen molar-refractivity contribution in [2.24, 2.45) is 0 Å². The summed E-state index contributed by atoms with van der Waals surface area (Å²) in [5.41, 5.74) is 5.80. The first-order valence-electron chi connectivity index (χ1n) is 9.25. The van der Waals surface area contributed by atoms with Crippen molar-refractivity contribution in [3.63, 3.8) is 0 Å². The molecule has 0 fully saturated rings. The van der Waals surface area contributed by atoms with Gasteiger partial charge in [-0.05, 0) is 52.8 Å². The second-order valence-corrected chi connectivity index (χ2v) is 6.41. The standard InChI is InChI=1S/C24H24O3/c1-2-23(18-6-4-3-5-7-18)24(19-8-12-21(26)13-9-19)20-10-14-22(15-11-20)27-17-16-25/h3-14,16,22,26H,2,15,17H2,1H3/b24-23-. The van der Waals surface area contributed by atoms with Gasteiger partial charge in [0, 0.05) is 0 Å². The van der Waals surface area contributed by atoms with Crippen LogP contribution in [0, 0.1) is 0 Å². The Balaban J connectivity index is 2.05. The van der Waals surface area contributed by atoms with E-state index in [-0.39, 0.29) is 18.5 Å². The first kappa shape index (κ1) is 18.9. The van der Waals surface area contributed by atoms with Gasteiger partial charge in [0.1, 0.15) is 18.6 Å². The molecule has 0 spiro atoms. The van der Waals surface area contributed by atoms with Crippen LogP contribution in [0.15, 0.2) is 78.4 Å². The van der Waals surface area contributed by atoms with E-state index in [9.17, 15) is 9.90 Å². The van der Waals surface area contributed by atoms with E-state index in [4.69, 9.17) is 4.74 Å². The highest BCUT2D eigenvalue weighted by Gasteiger charge is 2.17. The molecule has 3 rings (SSSR count). The number of aldehydes is 1. The molecule has 1 atom stereocenters. The zero-order chi connectivity index (χ0) is 19.1. The number of hydrogen-bond acceptors (Lipinski definition) is 3. The van der Waals surface area contributed by atoms with E-state index in [1.54, 1.807) is 12.1 Å². The number of phenols is 1. The predicted octanol–water partition coefficient (Wildman–Crippen LogP) is 5.18. The van der Waals surface area contributed by atoms with Crippen molar-refractivity contribution in [3.05, 3.63) is 89.5 Å². The van der Waals surface area contributed by atoms with Crippen LogP contribution in [0.2, 0.25) is 0 Å². The molecule has 1 unspecified atom stereocenters. The van der Waals surface area contributed by atoms with Crippen molar-refractivity contribution in [2.75, 3.05) is 6.61 Å². The number of hydrogen-bond donors (Lipinski definition) is 1. The molecule has 0 heterocycles. The lowest BCUT2D eigenvalue weighted by Gasteiger charge is -2.21. The van der Waals surface area contributed by atoms with Crippen LogP contribution in [0.4, 0.5) is 0 Å². The minimum absolute atomic E-state index is 0.0678. The van der Waals surface area contributed by atoms with Crippen LogP contribution in [-0.2, 0) is 9.53 Å². The molecule has 27 heavy (non-hydrogen) atoms. The van der Waals surface area contributed by atoms with E-state index >= 15 is 0 Å². The molecule has 2 aromatic carbocycles. The summed E-state index contributed by atoms with van der Waals surface area (Å²) in [6, 6.07) is 17.7. The van der Waals surface area contributed by atoms with E-state index < -0.39 is 0 Å². The third-order valence-corrected chi connectivity index (χ3v) is 4.66. The third-order valence-electron chi connectivity index (χ3n) is 4.66. The molecule has 0 amide bonds. The molecule has 0 bridgehead atoms. The molecule has 0 radical (unpaired) electrons. The lowest BCUT2D eigenvalue weighted by Crippen LogP contribution is -2.13. The number of carbonyl (C=O) groups is 1. The molecule has 2 aromatic rings. The number of allylic oxidation sites excluding steroid dienone is 4. The van der Waals surface area contributed by atoms with Crippen LogP contribution in [-0.4, -0.2) is 24.1 Å². The van der Waals surface area contributed by atoms with E-state index in [2.05, 4.69) is 31.2 Å². The van der Waals surface area contributed by atoms with Crippen LogP contribution in [0.25, 0.3) is 11.1 Å². The largest absolute Gasteiger partial charge is 0.508 e. The molecule has 3 nitrogen and oxygen atoms in total. The number of rotatable bonds is 7. The Morgan fingerprint density at radius 3 is 2.44 bits per heavy atom. The van der Waals surface area contributed by atoms with Gasteiger partial charge >= 0.3 is 0 Å². The number of ether oxygens (including phenoxy) is 1. The van der Waals surface area contributed by atoms with Gasteiger partial charge in [-0.3, -0.25) is 0 Å². The van der Waals surface area contributed by atoms with Crippen LogP contribution in [0.3, 0.4) is 0 Å². The van der Waals surface area contributed by atoms with Crippen LogP contribution < -0.4 is 0 Å². The molecular weight excluding hydrogens is 336 g/mol. The van der Waals surface area contributed by atoms with Crippen LogP contribution >= 0.6 is 0 Å². The Kier molecular flexibility index (Phi) is 6.39. The fourth-order valence-corrected chi connectivity index (χ4v) is 3.38. The summed E-state index contributed by atoms with van der Waals surface area (Å²) >= 11 is 0. The van der Waals surface area contributed by atoms with E-state index in [0.29, 0.717) is 0 Å². The number of aromatic hydroxyl groups is 1. The Bertz CT molecular complexity index is 858. The van der Waals surface area contributed by atoms with Gasteiger partial charge in [0.05, 0.1) is 6.10 Å². The molecule has 1 aliphatic rings. The Hall–Kier alpha value is -2.91. The average Bonchev–Trinajstić information content (AvgIpc) is 2.72. The molecule has 1 aliphatic carbocycles. The Morgan fingerprint density at radius 2 is 1.85 bits per heavy atom. The van der Waals surface area contributed by atoms with Crippen molar-refractivity contribution in [1.29, 1.82) is 0 Å². The van der Waals surface area contributed by atoms with Gasteiger partial charge in [0.2, 0.25) is 0 Å². The molecule has 0 saturated carbocycles. The molecule has 1 N–H and O–H groups in total. The number of carbonyl (C=O) groups excluding carboxylic acids is 1. The van der Waals surface area contributed by atoms with Crippen molar-refractivity contribution >= 4 is 17.4 Å². The van der Waals surface area contributed by atoms with Crippen LogP contribution in [0.1, 0.15) is 30.9 Å². The van der Waals surface area contributed by atoms with Gasteiger partial charge in [0.25, 0.3) is 0 Å². The van der Waals surface area contributed by atoms with Crippen molar-refractivity contribution in [3.8, 4) is 5.75 Å². The molecule has 138 valence electrons. The lowest BCUT2D eigenvalue weighted by molar-refractivity contribution is -0.112. The van der Waals surface area contributed by atoms with E-state index in [0.717, 1.165) is 35.8 Å².